The van der Waals surface area contributed by atoms with Gasteiger partial charge in [0.15, 0.2) is 5.82 Å². The van der Waals surface area contributed by atoms with E-state index in [1.165, 1.54) is 0 Å². The van der Waals surface area contributed by atoms with Gasteiger partial charge < -0.3 is 4.74 Å². The zero-order chi connectivity index (χ0) is 11.1. The van der Waals surface area contributed by atoms with E-state index in [0.29, 0.717) is 31.0 Å². The predicted octanol–water partition coefficient (Wildman–Crippen LogP) is 0.0527. The van der Waals surface area contributed by atoms with Gasteiger partial charge in [0, 0.05) is 12.8 Å². The van der Waals surface area contributed by atoms with Crippen LogP contribution in [-0.4, -0.2) is 26.2 Å². The Kier molecular flexibility index (Phi) is 2.03. The number of nitrogens with one attached hydrogen (secondary N) is 1. The Balaban J connectivity index is 2.35. The van der Waals surface area contributed by atoms with Crippen molar-refractivity contribution in [2.24, 2.45) is 0 Å². The van der Waals surface area contributed by atoms with Gasteiger partial charge in [0.2, 0.25) is 5.78 Å². The average Bonchev–Trinajstić information content (AvgIpc) is 2.72. The summed E-state index contributed by atoms with van der Waals surface area (Å²) < 4.78 is 7.01. The molecule has 84 valence electrons. The van der Waals surface area contributed by atoms with Crippen LogP contribution in [0.2, 0.25) is 0 Å². The van der Waals surface area contributed by atoms with Gasteiger partial charge in [-0.15, -0.1) is 5.10 Å². The maximum Gasteiger partial charge on any atom is 0.258 e. The van der Waals surface area contributed by atoms with Crippen molar-refractivity contribution in [3.63, 3.8) is 0 Å². The lowest BCUT2D eigenvalue weighted by molar-refractivity contribution is 0.107. The number of aromatic nitrogens is 4. The summed E-state index contributed by atoms with van der Waals surface area (Å²) in [6.07, 6.45) is 1.47. The van der Waals surface area contributed by atoms with Gasteiger partial charge in [-0.1, -0.05) is 6.92 Å². The van der Waals surface area contributed by atoms with Crippen molar-refractivity contribution in [1.29, 1.82) is 0 Å². The molecule has 0 radical (unpaired) electrons. The lowest BCUT2D eigenvalue weighted by Crippen LogP contribution is -2.25. The first-order valence-corrected chi connectivity index (χ1v) is 5.37. The Bertz CT molecular complexity index is 599. The Hall–Kier alpha value is -1.69. The molecule has 0 amide bonds. The highest BCUT2D eigenvalue weighted by atomic mass is 16.5. The minimum atomic E-state index is -0.114. The highest BCUT2D eigenvalue weighted by molar-refractivity contribution is 5.33. The maximum atomic E-state index is 11.8. The number of hydrogen-bond donors (Lipinski definition) is 1. The summed E-state index contributed by atoms with van der Waals surface area (Å²) in [5.74, 6) is 1.28. The number of aryl methyl sites for hydroxylation is 1. The Morgan fingerprint density at radius 1 is 1.56 bits per heavy atom. The minimum absolute atomic E-state index is 0.114. The maximum absolute atomic E-state index is 11.8. The summed E-state index contributed by atoms with van der Waals surface area (Å²) in [4.78, 5) is 18.7. The van der Waals surface area contributed by atoms with Gasteiger partial charge in [0.25, 0.3) is 5.56 Å². The number of ether oxygens (including phenoxy) is 1. The SMILES string of the molecule is CCc1nc2[nH]c(=O)c3c(n2n1)CCOC3. The predicted molar refractivity (Wildman–Crippen MR) is 56.3 cm³/mol. The van der Waals surface area contributed by atoms with E-state index in [1.807, 2.05) is 6.92 Å². The summed E-state index contributed by atoms with van der Waals surface area (Å²) in [5.41, 5.74) is 1.49. The van der Waals surface area contributed by atoms with Crippen molar-refractivity contribution in [2.45, 2.75) is 26.4 Å². The molecule has 0 saturated carbocycles. The van der Waals surface area contributed by atoms with E-state index < -0.39 is 0 Å². The zero-order valence-electron chi connectivity index (χ0n) is 8.99. The molecule has 3 rings (SSSR count). The average molecular weight is 220 g/mol. The normalized spacial score (nSPS) is 15.3. The van der Waals surface area contributed by atoms with Crippen molar-refractivity contribution in [1.82, 2.24) is 19.6 Å². The van der Waals surface area contributed by atoms with E-state index in [4.69, 9.17) is 4.74 Å². The molecule has 0 fully saturated rings. The second-order valence-electron chi connectivity index (χ2n) is 3.80. The fourth-order valence-electron chi connectivity index (χ4n) is 1.96. The molecule has 1 aliphatic heterocycles. The third kappa shape index (κ3) is 1.26. The molecule has 3 heterocycles. The monoisotopic (exact) mass is 220 g/mol. The number of fused-ring (bicyclic) bond motifs is 3. The van der Waals surface area contributed by atoms with Crippen LogP contribution in [0.25, 0.3) is 5.78 Å². The first-order chi connectivity index (χ1) is 7.79. The minimum Gasteiger partial charge on any atom is -0.376 e. The van der Waals surface area contributed by atoms with E-state index in [1.54, 1.807) is 4.52 Å². The van der Waals surface area contributed by atoms with Crippen LogP contribution in [0.1, 0.15) is 24.0 Å². The van der Waals surface area contributed by atoms with Crippen LogP contribution in [0.5, 0.6) is 0 Å². The molecule has 6 nitrogen and oxygen atoms in total. The quantitative estimate of drug-likeness (QED) is 0.737. The smallest absolute Gasteiger partial charge is 0.258 e. The molecule has 0 bridgehead atoms. The van der Waals surface area contributed by atoms with Gasteiger partial charge in [0.05, 0.1) is 24.5 Å². The van der Waals surface area contributed by atoms with Gasteiger partial charge in [-0.2, -0.15) is 4.98 Å². The first-order valence-electron chi connectivity index (χ1n) is 5.37. The van der Waals surface area contributed by atoms with E-state index in [-0.39, 0.29) is 5.56 Å². The highest BCUT2D eigenvalue weighted by Gasteiger charge is 2.18. The van der Waals surface area contributed by atoms with Crippen molar-refractivity contribution in [3.8, 4) is 0 Å². The molecule has 0 spiro atoms. The Morgan fingerprint density at radius 3 is 3.25 bits per heavy atom. The second kappa shape index (κ2) is 3.41. The highest BCUT2D eigenvalue weighted by Crippen LogP contribution is 2.13. The molecule has 0 unspecified atom stereocenters. The molecular formula is C10H12N4O2. The van der Waals surface area contributed by atoms with Crippen LogP contribution >= 0.6 is 0 Å². The molecule has 6 heteroatoms. The largest absolute Gasteiger partial charge is 0.376 e. The number of nitrogens with zero attached hydrogens (tertiary/aromatic N) is 3. The number of rotatable bonds is 1. The molecule has 2 aromatic rings. The second-order valence-corrected chi connectivity index (χ2v) is 3.80. The van der Waals surface area contributed by atoms with E-state index in [0.717, 1.165) is 17.9 Å². The zero-order valence-corrected chi connectivity index (χ0v) is 8.99. The van der Waals surface area contributed by atoms with Gasteiger partial charge in [-0.25, -0.2) is 4.52 Å². The van der Waals surface area contributed by atoms with Crippen LogP contribution in [0, 0.1) is 0 Å². The van der Waals surface area contributed by atoms with Crippen LogP contribution in [0.4, 0.5) is 0 Å². The Labute approximate surface area is 91.3 Å². The van der Waals surface area contributed by atoms with Gasteiger partial charge in [-0.3, -0.25) is 9.78 Å². The molecule has 0 aliphatic carbocycles. The molecule has 1 aliphatic rings. The van der Waals surface area contributed by atoms with E-state index >= 15 is 0 Å². The third-order valence-corrected chi connectivity index (χ3v) is 2.80. The number of H-pyrrole nitrogens is 1. The lowest BCUT2D eigenvalue weighted by atomic mass is 10.1. The Morgan fingerprint density at radius 2 is 2.44 bits per heavy atom. The van der Waals surface area contributed by atoms with E-state index in [9.17, 15) is 4.79 Å². The summed E-state index contributed by atoms with van der Waals surface area (Å²) in [6, 6.07) is 0. The van der Waals surface area contributed by atoms with Gasteiger partial charge in [0.1, 0.15) is 0 Å². The summed E-state index contributed by atoms with van der Waals surface area (Å²) >= 11 is 0. The topological polar surface area (TPSA) is 72.3 Å². The fraction of sp³-hybridized carbons (Fsp3) is 0.500. The molecule has 0 aromatic carbocycles. The van der Waals surface area contributed by atoms with Crippen molar-refractivity contribution in [3.05, 3.63) is 27.4 Å². The summed E-state index contributed by atoms with van der Waals surface area (Å²) in [5, 5.41) is 4.37. The first kappa shape index (κ1) is 9.53. The molecule has 1 N–H and O–H groups in total. The summed E-state index contributed by atoms with van der Waals surface area (Å²) in [7, 11) is 0. The van der Waals surface area contributed by atoms with Crippen LogP contribution < -0.4 is 5.56 Å². The van der Waals surface area contributed by atoms with Gasteiger partial charge in [-0.05, 0) is 0 Å². The molecule has 16 heavy (non-hydrogen) atoms. The van der Waals surface area contributed by atoms with Gasteiger partial charge >= 0.3 is 0 Å². The number of hydrogen-bond acceptors (Lipinski definition) is 4. The van der Waals surface area contributed by atoms with Crippen molar-refractivity contribution < 1.29 is 4.74 Å². The van der Waals surface area contributed by atoms with Crippen molar-refractivity contribution in [2.75, 3.05) is 6.61 Å². The molecule has 2 aromatic heterocycles. The number of aromatic amines is 1. The van der Waals surface area contributed by atoms with E-state index in [2.05, 4.69) is 15.1 Å². The standard InChI is InChI=1S/C10H12N4O2/c1-2-8-11-10-12-9(15)6-5-16-4-3-7(6)14(10)13-8/h2-5H2,1H3,(H,11,12,13,15). The molecule has 0 saturated heterocycles. The van der Waals surface area contributed by atoms with Crippen LogP contribution in [0.15, 0.2) is 4.79 Å². The van der Waals surface area contributed by atoms with Crippen LogP contribution in [-0.2, 0) is 24.2 Å². The molecule has 0 atom stereocenters. The van der Waals surface area contributed by atoms with Crippen molar-refractivity contribution >= 4 is 5.78 Å². The summed E-state index contributed by atoms with van der Waals surface area (Å²) in [6.45, 7) is 2.98. The fourth-order valence-corrected chi connectivity index (χ4v) is 1.96. The lowest BCUT2D eigenvalue weighted by Gasteiger charge is -2.15. The van der Waals surface area contributed by atoms with Crippen LogP contribution in [0.3, 0.4) is 0 Å². The molecular weight excluding hydrogens is 208 g/mol. The third-order valence-electron chi connectivity index (χ3n) is 2.80.